The van der Waals surface area contributed by atoms with Crippen LogP contribution in [0.5, 0.6) is 0 Å². The predicted molar refractivity (Wildman–Crippen MR) is 74.7 cm³/mol. The monoisotopic (exact) mass is 298 g/mol. The Balaban J connectivity index is 2.19. The first-order valence-electron chi connectivity index (χ1n) is 5.42. The molecule has 0 radical (unpaired) electrons. The number of ether oxygens (including phenoxy) is 1. The molecule has 0 amide bonds. The molecule has 2 aromatic heterocycles. The van der Waals surface area contributed by atoms with Crippen molar-refractivity contribution in [3.63, 3.8) is 0 Å². The van der Waals surface area contributed by atoms with Gasteiger partial charge < -0.3 is 4.74 Å². The normalized spacial score (nSPS) is 10.6. The van der Waals surface area contributed by atoms with E-state index in [-0.39, 0.29) is 17.3 Å². The molecule has 0 aliphatic carbocycles. The third-order valence-corrected chi connectivity index (χ3v) is 3.54. The molecule has 0 aliphatic heterocycles. The Bertz CT molecular complexity index is 672. The maximum absolute atomic E-state index is 11.9. The number of hydrogen-bond donors (Lipinski definition) is 0. The highest BCUT2D eigenvalue weighted by Gasteiger charge is 2.05. The van der Waals surface area contributed by atoms with Crippen LogP contribution in [-0.4, -0.2) is 28.2 Å². The minimum atomic E-state index is -0.297. The fraction of sp³-hybridized carbons (Fsp3) is 0.250. The number of esters is 1. The topological polar surface area (TPSA) is 60.7 Å². The zero-order valence-electron chi connectivity index (χ0n) is 10.1. The fourth-order valence-corrected chi connectivity index (χ4v) is 2.40. The van der Waals surface area contributed by atoms with Gasteiger partial charge >= 0.3 is 5.97 Å². The quantitative estimate of drug-likeness (QED) is 0.805. The maximum Gasteiger partial charge on any atom is 0.315 e. The van der Waals surface area contributed by atoms with Crippen molar-refractivity contribution < 1.29 is 9.53 Å². The van der Waals surface area contributed by atoms with Gasteiger partial charge in [0.15, 0.2) is 0 Å². The van der Waals surface area contributed by atoms with E-state index in [2.05, 4.69) is 9.72 Å². The SMILES string of the molecule is COC(=O)CSCc1cc(=O)n2cc(Cl)ccc2n1. The maximum atomic E-state index is 11.9. The van der Waals surface area contributed by atoms with Crippen LogP contribution in [0.25, 0.3) is 5.65 Å². The molecule has 0 saturated carbocycles. The van der Waals surface area contributed by atoms with Crippen molar-refractivity contribution in [3.8, 4) is 0 Å². The van der Waals surface area contributed by atoms with Gasteiger partial charge in [-0.2, -0.15) is 0 Å². The number of methoxy groups -OCH3 is 1. The average Bonchev–Trinajstić information content (AvgIpc) is 2.39. The van der Waals surface area contributed by atoms with Crippen LogP contribution in [0.1, 0.15) is 5.69 Å². The van der Waals surface area contributed by atoms with Crippen molar-refractivity contribution in [2.24, 2.45) is 0 Å². The molecule has 0 saturated heterocycles. The van der Waals surface area contributed by atoms with Gasteiger partial charge in [-0.05, 0) is 12.1 Å². The summed E-state index contributed by atoms with van der Waals surface area (Å²) in [5, 5.41) is 0.476. The fourth-order valence-electron chi connectivity index (χ4n) is 1.50. The lowest BCUT2D eigenvalue weighted by Gasteiger charge is -2.04. The van der Waals surface area contributed by atoms with E-state index < -0.39 is 0 Å². The molecular weight excluding hydrogens is 288 g/mol. The van der Waals surface area contributed by atoms with Crippen molar-refractivity contribution in [2.75, 3.05) is 12.9 Å². The second-order valence-electron chi connectivity index (χ2n) is 3.73. The minimum Gasteiger partial charge on any atom is -0.468 e. The smallest absolute Gasteiger partial charge is 0.315 e. The predicted octanol–water partition coefficient (Wildman–Crippen LogP) is 1.75. The molecule has 0 unspecified atom stereocenters. The number of rotatable bonds is 4. The van der Waals surface area contributed by atoms with Gasteiger partial charge in [0.1, 0.15) is 5.65 Å². The molecule has 0 aromatic carbocycles. The highest BCUT2D eigenvalue weighted by Crippen LogP contribution is 2.12. The van der Waals surface area contributed by atoms with Gasteiger partial charge in [0.2, 0.25) is 0 Å². The molecule has 0 spiro atoms. The first-order chi connectivity index (χ1) is 9.10. The van der Waals surface area contributed by atoms with Crippen LogP contribution < -0.4 is 5.56 Å². The molecule has 2 rings (SSSR count). The second kappa shape index (κ2) is 6.08. The highest BCUT2D eigenvalue weighted by molar-refractivity contribution is 7.99. The largest absolute Gasteiger partial charge is 0.468 e. The first kappa shape index (κ1) is 13.9. The Labute approximate surface area is 118 Å². The number of thioether (sulfide) groups is 1. The summed E-state index contributed by atoms with van der Waals surface area (Å²) in [4.78, 5) is 27.2. The van der Waals surface area contributed by atoms with Gasteiger partial charge in [-0.1, -0.05) is 11.6 Å². The van der Waals surface area contributed by atoms with E-state index in [0.29, 0.717) is 22.1 Å². The zero-order chi connectivity index (χ0) is 13.8. The Kier molecular flexibility index (Phi) is 4.44. The Morgan fingerprint density at radius 2 is 2.32 bits per heavy atom. The standard InChI is InChI=1S/C12H11ClN2O3S/c1-18-12(17)7-19-6-9-4-11(16)15-5-8(13)2-3-10(15)14-9/h2-5H,6-7H2,1H3. The van der Waals surface area contributed by atoms with Crippen LogP contribution >= 0.6 is 23.4 Å². The number of hydrogen-bond acceptors (Lipinski definition) is 5. The number of aromatic nitrogens is 2. The Morgan fingerprint density at radius 1 is 1.53 bits per heavy atom. The van der Waals surface area contributed by atoms with Gasteiger partial charge in [-0.25, -0.2) is 4.98 Å². The number of nitrogens with zero attached hydrogens (tertiary/aromatic N) is 2. The number of carbonyl (C=O) groups excluding carboxylic acids is 1. The molecule has 0 atom stereocenters. The van der Waals surface area contributed by atoms with E-state index in [1.54, 1.807) is 12.1 Å². The summed E-state index contributed by atoms with van der Waals surface area (Å²) in [6.45, 7) is 0. The van der Waals surface area contributed by atoms with E-state index in [1.807, 2.05) is 0 Å². The molecule has 2 aromatic rings. The van der Waals surface area contributed by atoms with Crippen LogP contribution in [0, 0.1) is 0 Å². The van der Waals surface area contributed by atoms with Gasteiger partial charge in [0.05, 0.1) is 23.6 Å². The molecule has 0 aliphatic rings. The summed E-state index contributed by atoms with van der Waals surface area (Å²) in [6.07, 6.45) is 1.53. The van der Waals surface area contributed by atoms with Crippen LogP contribution in [0.2, 0.25) is 5.02 Å². The number of carbonyl (C=O) groups is 1. The molecule has 0 bridgehead atoms. The van der Waals surface area contributed by atoms with Gasteiger partial charge in [0, 0.05) is 18.0 Å². The van der Waals surface area contributed by atoms with Crippen molar-refractivity contribution >= 4 is 35.0 Å². The van der Waals surface area contributed by atoms with Gasteiger partial charge in [-0.15, -0.1) is 11.8 Å². The van der Waals surface area contributed by atoms with E-state index in [1.165, 1.54) is 35.5 Å². The van der Waals surface area contributed by atoms with Crippen LogP contribution in [-0.2, 0) is 15.3 Å². The molecule has 0 N–H and O–H groups in total. The Morgan fingerprint density at radius 3 is 3.05 bits per heavy atom. The molecule has 5 nitrogen and oxygen atoms in total. The van der Waals surface area contributed by atoms with Gasteiger partial charge in [0.25, 0.3) is 5.56 Å². The third-order valence-electron chi connectivity index (χ3n) is 2.37. The average molecular weight is 299 g/mol. The molecule has 7 heteroatoms. The summed E-state index contributed by atoms with van der Waals surface area (Å²) < 4.78 is 5.92. The first-order valence-corrected chi connectivity index (χ1v) is 6.96. The third kappa shape index (κ3) is 3.48. The molecule has 19 heavy (non-hydrogen) atoms. The molecule has 0 fully saturated rings. The lowest BCUT2D eigenvalue weighted by Crippen LogP contribution is -2.15. The number of pyridine rings is 1. The lowest BCUT2D eigenvalue weighted by atomic mass is 10.4. The number of halogens is 1. The summed E-state index contributed by atoms with van der Waals surface area (Å²) in [5.74, 6) is 0.413. The summed E-state index contributed by atoms with van der Waals surface area (Å²) in [5.41, 5.74) is 0.966. The van der Waals surface area contributed by atoms with E-state index >= 15 is 0 Å². The zero-order valence-corrected chi connectivity index (χ0v) is 11.7. The summed E-state index contributed by atoms with van der Waals surface area (Å²) >= 11 is 7.17. The Hall–Kier alpha value is -1.53. The van der Waals surface area contributed by atoms with Crippen LogP contribution in [0.4, 0.5) is 0 Å². The second-order valence-corrected chi connectivity index (χ2v) is 5.15. The molecule has 100 valence electrons. The molecular formula is C12H11ClN2O3S. The van der Waals surface area contributed by atoms with E-state index in [0.717, 1.165) is 0 Å². The van der Waals surface area contributed by atoms with Crippen molar-refractivity contribution in [1.29, 1.82) is 0 Å². The molecule has 2 heterocycles. The van der Waals surface area contributed by atoms with E-state index in [4.69, 9.17) is 11.6 Å². The highest BCUT2D eigenvalue weighted by atomic mass is 35.5. The lowest BCUT2D eigenvalue weighted by molar-refractivity contribution is -0.137. The van der Waals surface area contributed by atoms with Crippen molar-refractivity contribution in [2.45, 2.75) is 5.75 Å². The van der Waals surface area contributed by atoms with Crippen molar-refractivity contribution in [3.05, 3.63) is 45.5 Å². The van der Waals surface area contributed by atoms with Gasteiger partial charge in [-0.3, -0.25) is 14.0 Å². The van der Waals surface area contributed by atoms with Crippen molar-refractivity contribution in [1.82, 2.24) is 9.38 Å². The van der Waals surface area contributed by atoms with Crippen LogP contribution in [0.3, 0.4) is 0 Å². The summed E-state index contributed by atoms with van der Waals surface area (Å²) in [6, 6.07) is 4.79. The minimum absolute atomic E-state index is 0.193. The van der Waals surface area contributed by atoms with Crippen LogP contribution in [0.15, 0.2) is 29.2 Å². The number of fused-ring (bicyclic) bond motifs is 1. The summed E-state index contributed by atoms with van der Waals surface area (Å²) in [7, 11) is 1.34. The van der Waals surface area contributed by atoms with E-state index in [9.17, 15) is 9.59 Å².